The summed E-state index contributed by atoms with van der Waals surface area (Å²) in [6.07, 6.45) is -5.29. The smallest absolute Gasteiger partial charge is 0.790 e. The van der Waals surface area contributed by atoms with Crippen molar-refractivity contribution in [3.63, 3.8) is 0 Å². The van der Waals surface area contributed by atoms with Crippen LogP contribution in [0.4, 0.5) is 4.79 Å². The first-order valence-electron chi connectivity index (χ1n) is 6.02. The van der Waals surface area contributed by atoms with Gasteiger partial charge in [-0.05, 0) is 0 Å². The van der Waals surface area contributed by atoms with Gasteiger partial charge in [-0.2, -0.15) is 0 Å². The van der Waals surface area contributed by atoms with E-state index in [-0.39, 0.29) is 77.9 Å². The average Bonchev–Trinajstić information content (AvgIpc) is 2.64. The van der Waals surface area contributed by atoms with Crippen molar-refractivity contribution in [1.82, 2.24) is 10.2 Å². The summed E-state index contributed by atoms with van der Waals surface area (Å²) in [7, 11) is -5.23. The van der Waals surface area contributed by atoms with E-state index >= 15 is 0 Å². The number of carbonyl (C=O) groups is 1. The van der Waals surface area contributed by atoms with Crippen molar-refractivity contribution in [3.05, 3.63) is 0 Å². The average molecular weight is 372 g/mol. The molecule has 0 saturated carbocycles. The zero-order chi connectivity index (χ0) is 15.8. The Hall–Kier alpha value is 0.930. The van der Waals surface area contributed by atoms with Crippen molar-refractivity contribution >= 4 is 19.7 Å². The molecule has 2 aliphatic heterocycles. The van der Waals surface area contributed by atoms with Gasteiger partial charge in [0.2, 0.25) is 0 Å². The summed E-state index contributed by atoms with van der Waals surface area (Å²) in [6, 6.07) is -0.678. The monoisotopic (exact) mass is 372 g/mol. The minimum atomic E-state index is -5.23. The van der Waals surface area contributed by atoms with Gasteiger partial charge in [-0.1, -0.05) is 0 Å². The molecule has 0 aromatic carbocycles. The molecule has 0 spiro atoms. The van der Waals surface area contributed by atoms with Gasteiger partial charge in [-0.25, -0.2) is 4.79 Å². The summed E-state index contributed by atoms with van der Waals surface area (Å²) >= 11 is 0. The number of urea groups is 1. The molecule has 4 atom stereocenters. The Balaban J connectivity index is 0.00000242. The first-order chi connectivity index (χ1) is 9.69. The number of nitrogens with zero attached hydrogens (tertiary/aromatic N) is 1. The van der Waals surface area contributed by atoms with E-state index < -0.39 is 45.0 Å². The Labute approximate surface area is 176 Å². The van der Waals surface area contributed by atoms with Crippen molar-refractivity contribution in [1.29, 1.82) is 5.41 Å². The van der Waals surface area contributed by atoms with Gasteiger partial charge in [0.25, 0.3) is 0 Å². The predicted octanol–water partition coefficient (Wildman–Crippen LogP) is -9.32. The summed E-state index contributed by atoms with van der Waals surface area (Å²) in [4.78, 5) is 33.6. The first-order valence-corrected chi connectivity index (χ1v) is 7.48. The fraction of sp³-hybridized carbons (Fsp3) is 0.778. The fourth-order valence-corrected chi connectivity index (χ4v) is 2.46. The molecule has 120 valence electrons. The van der Waals surface area contributed by atoms with Gasteiger partial charge in [0.15, 0.2) is 6.23 Å². The minimum Gasteiger partial charge on any atom is -0.790 e. The maximum absolute atomic E-state index is 11.7. The SMILES string of the molecule is [15NH]=C1CC[15N]([C@@H]2O[C@H](COP(=O)([O-])[O-])C(O)C2O)C(=O)[15NH]1.[Na+].[Na+]. The number of hydrogen-bond acceptors (Lipinski definition) is 9. The molecule has 2 heterocycles. The predicted molar refractivity (Wildman–Crippen MR) is 61.8 cm³/mol. The minimum absolute atomic E-state index is 0. The van der Waals surface area contributed by atoms with Gasteiger partial charge in [-0.15, -0.1) is 0 Å². The van der Waals surface area contributed by atoms with Crippen LogP contribution < -0.4 is 74.2 Å². The molecule has 2 unspecified atom stereocenters. The summed E-state index contributed by atoms with van der Waals surface area (Å²) in [5.74, 6) is 0.0165. The topological polar surface area (TPSA) is 178 Å². The maximum Gasteiger partial charge on any atom is 1.00 e. The molecule has 0 radical (unpaired) electrons. The summed E-state index contributed by atoms with van der Waals surface area (Å²) in [5, 5.41) is 29.2. The van der Waals surface area contributed by atoms with E-state index in [0.717, 1.165) is 4.90 Å². The second-order valence-electron chi connectivity index (χ2n) is 4.64. The summed E-state index contributed by atoms with van der Waals surface area (Å²) in [6.45, 7) is -0.668. The van der Waals surface area contributed by atoms with Crippen LogP contribution in [0.2, 0.25) is 0 Å². The Morgan fingerprint density at radius 2 is 2.00 bits per heavy atom. The Morgan fingerprint density at radius 1 is 1.39 bits per heavy atom. The molecular weight excluding hydrogens is 358 g/mol. The molecule has 4 N–H and O–H groups in total. The number of ether oxygens (including phenoxy) is 1. The number of aliphatic hydroxyl groups is 2. The zero-order valence-corrected chi connectivity index (χ0v) is 17.6. The van der Waals surface area contributed by atoms with Gasteiger partial charge in [0, 0.05) is 13.0 Å². The molecule has 14 heteroatoms. The fourth-order valence-electron chi connectivity index (χ4n) is 2.13. The maximum atomic E-state index is 11.7. The van der Waals surface area contributed by atoms with Crippen LogP contribution in [0, 0.1) is 5.41 Å². The third kappa shape index (κ3) is 6.30. The molecule has 0 aromatic heterocycles. The number of hydrogen-bond donors (Lipinski definition) is 4. The molecule has 2 aliphatic rings. The molecule has 0 aliphatic carbocycles. The Bertz CT molecular complexity index is 491. The van der Waals surface area contributed by atoms with Gasteiger partial charge in [-0.3, -0.25) is 15.6 Å². The number of carbonyl (C=O) groups excluding carboxylic acids is 1. The third-order valence-corrected chi connectivity index (χ3v) is 3.63. The van der Waals surface area contributed by atoms with Crippen molar-refractivity contribution in [2.75, 3.05) is 13.2 Å². The van der Waals surface area contributed by atoms with Gasteiger partial charge >= 0.3 is 65.1 Å². The number of phosphoric ester groups is 1. The van der Waals surface area contributed by atoms with E-state index in [2.05, 4.69) is 9.84 Å². The summed E-state index contributed by atoms with van der Waals surface area (Å²) in [5.41, 5.74) is 0. The normalized spacial score (nSPS) is 31.2. The Kier molecular flexibility index (Phi) is 9.97. The van der Waals surface area contributed by atoms with Crippen LogP contribution in [0.15, 0.2) is 0 Å². The van der Waals surface area contributed by atoms with E-state index in [1.165, 1.54) is 0 Å². The standard InChI is InChI=1S/C9H16N3O8P.2Na/c10-5-1-2-12(9(15)11-5)8-7(14)6(13)4(20-8)3-19-21(16,17)18;;/h4,6-8,13-14H,1-3H2,(H2,10,11,15)(H2,16,17,18);;/q;2*+1/p-2/t4-,6?,7?,8-;;/m1../s1/i10+1,11+1,12+1;;. The molecule has 2 amide bonds. The van der Waals surface area contributed by atoms with Crippen molar-refractivity contribution < 1.29 is 97.7 Å². The molecule has 11 nitrogen and oxygen atoms in total. The van der Waals surface area contributed by atoms with E-state index in [1.54, 1.807) is 0 Å². The third-order valence-electron chi connectivity index (χ3n) is 3.16. The second-order valence-corrected chi connectivity index (χ2v) is 5.79. The number of amides is 2. The molecule has 23 heavy (non-hydrogen) atoms. The van der Waals surface area contributed by atoms with Crippen LogP contribution in [-0.4, -0.2) is 64.7 Å². The molecular formula is C9H14N3Na2O8P. The quantitative estimate of drug-likeness (QED) is 0.213. The number of phosphoric acid groups is 1. The van der Waals surface area contributed by atoms with Gasteiger partial charge in [0.1, 0.15) is 24.1 Å². The molecule has 2 saturated heterocycles. The molecule has 2 rings (SSSR count). The van der Waals surface area contributed by atoms with Crippen molar-refractivity contribution in [2.45, 2.75) is 31.0 Å². The van der Waals surface area contributed by atoms with Crippen LogP contribution in [0.1, 0.15) is 6.42 Å². The molecule has 0 aromatic rings. The van der Waals surface area contributed by atoms with Crippen LogP contribution in [0.25, 0.3) is 0 Å². The number of aliphatic hydroxyl groups excluding tert-OH is 2. The van der Waals surface area contributed by atoms with E-state index in [1.807, 2.05) is 0 Å². The first kappa shape index (κ1) is 23.9. The molecule has 0 bridgehead atoms. The summed E-state index contributed by atoms with van der Waals surface area (Å²) < 4.78 is 19.6. The second kappa shape index (κ2) is 9.58. The molecule has 2 fully saturated rings. The number of amidine groups is 1. The van der Waals surface area contributed by atoms with Crippen LogP contribution in [0.5, 0.6) is 0 Å². The Morgan fingerprint density at radius 3 is 2.52 bits per heavy atom. The van der Waals surface area contributed by atoms with Gasteiger partial charge < -0.3 is 33.8 Å². The van der Waals surface area contributed by atoms with E-state index in [4.69, 9.17) is 10.1 Å². The van der Waals surface area contributed by atoms with Crippen molar-refractivity contribution in [3.8, 4) is 0 Å². The largest absolute Gasteiger partial charge is 1.00 e. The van der Waals surface area contributed by atoms with Crippen molar-refractivity contribution in [2.24, 2.45) is 0 Å². The van der Waals surface area contributed by atoms with E-state index in [0.29, 0.717) is 0 Å². The van der Waals surface area contributed by atoms with Crippen LogP contribution >= 0.6 is 7.82 Å². The number of rotatable bonds is 4. The van der Waals surface area contributed by atoms with E-state index in [9.17, 15) is 29.4 Å². The number of nitrogens with one attached hydrogen (secondary N) is 2. The van der Waals surface area contributed by atoms with Crippen LogP contribution in [0.3, 0.4) is 0 Å². The van der Waals surface area contributed by atoms with Gasteiger partial charge in [0.05, 0.1) is 14.4 Å². The van der Waals surface area contributed by atoms with Crippen LogP contribution in [-0.2, 0) is 13.8 Å². The zero-order valence-electron chi connectivity index (χ0n) is 12.7.